The van der Waals surface area contributed by atoms with Gasteiger partial charge in [0.05, 0.1) is 8.95 Å². The van der Waals surface area contributed by atoms with E-state index in [1.165, 1.54) is 0 Å². The number of amides is 4. The van der Waals surface area contributed by atoms with Crippen molar-refractivity contribution in [2.45, 2.75) is 37.9 Å². The maximum absolute atomic E-state index is 12.8. The number of carbonyl (C=O) groups is 3. The van der Waals surface area contributed by atoms with Crippen LogP contribution in [0.15, 0.2) is 45.3 Å². The summed E-state index contributed by atoms with van der Waals surface area (Å²) < 4.78 is 0.859. The first-order valence-electron chi connectivity index (χ1n) is 10.8. The number of likely N-dealkylation sites (tertiary alicyclic amines) is 1. The van der Waals surface area contributed by atoms with E-state index in [0.717, 1.165) is 11.3 Å². The monoisotopic (exact) mass is 594 g/mol. The standard InChI is InChI=1S/C23H24Br2N4O5/c24-16-9-13(10-17(25)20(16)30)11-19(21(31)32)27-22(33)28-7-5-15(6-8-28)29-12-14-3-1-2-4-18(14)26-23(29)34/h1-4,9-10,15,19,30H,5-8,11-12H2,(H,26,34)(H,27,33)(H,31,32)/t19-/m1/s1. The Balaban J connectivity index is 1.34. The van der Waals surface area contributed by atoms with Gasteiger partial charge in [0.15, 0.2) is 0 Å². The van der Waals surface area contributed by atoms with Gasteiger partial charge in [-0.15, -0.1) is 0 Å². The maximum Gasteiger partial charge on any atom is 0.326 e. The number of carbonyl (C=O) groups excluding carboxylic acids is 2. The van der Waals surface area contributed by atoms with Gasteiger partial charge in [-0.1, -0.05) is 18.2 Å². The van der Waals surface area contributed by atoms with E-state index < -0.39 is 18.0 Å². The number of carboxylic acid groups (broad SMARTS) is 1. The molecule has 4 N–H and O–H groups in total. The minimum atomic E-state index is -1.15. The topological polar surface area (TPSA) is 122 Å². The van der Waals surface area contributed by atoms with Crippen LogP contribution in [0.2, 0.25) is 0 Å². The van der Waals surface area contributed by atoms with E-state index in [1.807, 2.05) is 24.3 Å². The fourth-order valence-corrected chi connectivity index (χ4v) is 5.59. The third kappa shape index (κ3) is 5.30. The molecule has 1 saturated heterocycles. The lowest BCUT2D eigenvalue weighted by atomic mass is 10.0. The first-order valence-corrected chi connectivity index (χ1v) is 12.4. The minimum Gasteiger partial charge on any atom is -0.506 e. The molecule has 2 heterocycles. The summed E-state index contributed by atoms with van der Waals surface area (Å²) in [5.74, 6) is -1.12. The molecule has 11 heteroatoms. The third-order valence-corrected chi connectivity index (χ3v) is 7.37. The van der Waals surface area contributed by atoms with E-state index in [1.54, 1.807) is 21.9 Å². The second-order valence-corrected chi connectivity index (χ2v) is 10.1. The number of hydrogen-bond acceptors (Lipinski definition) is 4. The second kappa shape index (κ2) is 10.2. The van der Waals surface area contributed by atoms with Crippen LogP contribution in [-0.4, -0.2) is 63.2 Å². The molecule has 34 heavy (non-hydrogen) atoms. The molecule has 0 bridgehead atoms. The van der Waals surface area contributed by atoms with E-state index in [2.05, 4.69) is 42.5 Å². The lowest BCUT2D eigenvalue weighted by Crippen LogP contribution is -2.54. The van der Waals surface area contributed by atoms with E-state index >= 15 is 0 Å². The summed E-state index contributed by atoms with van der Waals surface area (Å²) in [6.45, 7) is 1.37. The van der Waals surface area contributed by atoms with Gasteiger partial charge in [0.25, 0.3) is 0 Å². The highest BCUT2D eigenvalue weighted by Crippen LogP contribution is 2.33. The quantitative estimate of drug-likeness (QED) is 0.414. The van der Waals surface area contributed by atoms with Gasteiger partial charge in [-0.3, -0.25) is 0 Å². The molecule has 180 valence electrons. The number of benzene rings is 2. The fourth-order valence-electron chi connectivity index (χ4n) is 4.31. The Kier molecular flexibility index (Phi) is 7.32. The number of rotatable bonds is 5. The SMILES string of the molecule is O=C(O)[C@@H](Cc1cc(Br)c(O)c(Br)c1)NC(=O)N1CCC(N2Cc3ccccc3NC2=O)CC1. The number of urea groups is 2. The van der Waals surface area contributed by atoms with Crippen LogP contribution >= 0.6 is 31.9 Å². The number of nitrogens with zero attached hydrogens (tertiary/aromatic N) is 2. The van der Waals surface area contributed by atoms with E-state index in [-0.39, 0.29) is 24.2 Å². The number of carboxylic acids is 1. The Hall–Kier alpha value is -2.79. The zero-order valence-corrected chi connectivity index (χ0v) is 21.3. The van der Waals surface area contributed by atoms with Crippen LogP contribution in [0.4, 0.5) is 15.3 Å². The average molecular weight is 596 g/mol. The number of phenols is 1. The van der Waals surface area contributed by atoms with Crippen molar-refractivity contribution in [1.82, 2.24) is 15.1 Å². The number of aromatic hydroxyl groups is 1. The minimum absolute atomic E-state index is 0.000580. The Morgan fingerprint density at radius 2 is 1.79 bits per heavy atom. The molecule has 2 aromatic rings. The largest absolute Gasteiger partial charge is 0.506 e. The van der Waals surface area contributed by atoms with Gasteiger partial charge >= 0.3 is 18.0 Å². The molecule has 0 aliphatic carbocycles. The molecular formula is C23H24Br2N4O5. The zero-order valence-electron chi connectivity index (χ0n) is 18.1. The van der Waals surface area contributed by atoms with Crippen molar-refractivity contribution in [2.24, 2.45) is 0 Å². The molecule has 0 aromatic heterocycles. The van der Waals surface area contributed by atoms with E-state index in [9.17, 15) is 24.6 Å². The van der Waals surface area contributed by atoms with Gasteiger partial charge in [0, 0.05) is 37.8 Å². The number of nitrogens with one attached hydrogen (secondary N) is 2. The Labute approximate surface area is 213 Å². The predicted molar refractivity (Wildman–Crippen MR) is 133 cm³/mol. The van der Waals surface area contributed by atoms with Crippen LogP contribution in [0.5, 0.6) is 5.75 Å². The predicted octanol–water partition coefficient (Wildman–Crippen LogP) is 4.13. The molecule has 2 aliphatic heterocycles. The van der Waals surface area contributed by atoms with Crippen molar-refractivity contribution < 1.29 is 24.6 Å². The van der Waals surface area contributed by atoms with Gasteiger partial charge in [0.2, 0.25) is 0 Å². The lowest BCUT2D eigenvalue weighted by Gasteiger charge is -2.40. The molecule has 2 aliphatic rings. The number of piperidine rings is 1. The van der Waals surface area contributed by atoms with Crippen LogP contribution in [0.3, 0.4) is 0 Å². The fraction of sp³-hybridized carbons (Fsp3) is 0.348. The van der Waals surface area contributed by atoms with Gasteiger partial charge in [-0.05, 0) is 74.0 Å². The molecule has 0 saturated carbocycles. The van der Waals surface area contributed by atoms with E-state index in [4.69, 9.17) is 0 Å². The van der Waals surface area contributed by atoms with Gasteiger partial charge in [-0.2, -0.15) is 0 Å². The Morgan fingerprint density at radius 1 is 1.15 bits per heavy atom. The molecule has 4 amide bonds. The molecule has 0 radical (unpaired) electrons. The molecule has 4 rings (SSSR count). The average Bonchev–Trinajstić information content (AvgIpc) is 2.81. The highest BCUT2D eigenvalue weighted by Gasteiger charge is 2.33. The number of halogens is 2. The smallest absolute Gasteiger partial charge is 0.326 e. The zero-order chi connectivity index (χ0) is 24.4. The van der Waals surface area contributed by atoms with Crippen molar-refractivity contribution in [2.75, 3.05) is 18.4 Å². The molecule has 1 atom stereocenters. The number of anilines is 1. The lowest BCUT2D eigenvalue weighted by molar-refractivity contribution is -0.139. The first kappa shape index (κ1) is 24.3. The summed E-state index contributed by atoms with van der Waals surface area (Å²) in [7, 11) is 0. The normalized spacial score (nSPS) is 17.1. The van der Waals surface area contributed by atoms with Gasteiger partial charge in [-0.25, -0.2) is 14.4 Å². The second-order valence-electron chi connectivity index (χ2n) is 8.39. The van der Waals surface area contributed by atoms with E-state index in [0.29, 0.717) is 47.0 Å². The molecular weight excluding hydrogens is 572 g/mol. The van der Waals surface area contributed by atoms with Crippen LogP contribution in [-0.2, 0) is 17.8 Å². The number of fused-ring (bicyclic) bond motifs is 1. The third-order valence-electron chi connectivity index (χ3n) is 6.17. The molecule has 9 nitrogen and oxygen atoms in total. The van der Waals surface area contributed by atoms with Crippen LogP contribution in [0.25, 0.3) is 0 Å². The highest BCUT2D eigenvalue weighted by atomic mass is 79.9. The van der Waals surface area contributed by atoms with Crippen LogP contribution < -0.4 is 10.6 Å². The van der Waals surface area contributed by atoms with Crippen molar-refractivity contribution in [3.63, 3.8) is 0 Å². The molecule has 0 spiro atoms. The Morgan fingerprint density at radius 3 is 2.44 bits per heavy atom. The van der Waals surface area contributed by atoms with Crippen molar-refractivity contribution >= 4 is 55.6 Å². The maximum atomic E-state index is 12.8. The summed E-state index contributed by atoms with van der Waals surface area (Å²) in [6, 6.07) is 9.22. The van der Waals surface area contributed by atoms with Crippen molar-refractivity contribution in [3.05, 3.63) is 56.5 Å². The van der Waals surface area contributed by atoms with Crippen molar-refractivity contribution in [3.8, 4) is 5.75 Å². The number of phenolic OH excluding ortho intramolecular Hbond substituents is 1. The molecule has 1 fully saturated rings. The van der Waals surface area contributed by atoms with Gasteiger partial charge < -0.3 is 30.6 Å². The summed E-state index contributed by atoms with van der Waals surface area (Å²) in [5.41, 5.74) is 2.52. The molecule has 2 aromatic carbocycles. The van der Waals surface area contributed by atoms with Crippen molar-refractivity contribution in [1.29, 1.82) is 0 Å². The van der Waals surface area contributed by atoms with Crippen LogP contribution in [0, 0.1) is 0 Å². The Bertz CT molecular complexity index is 1100. The summed E-state index contributed by atoms with van der Waals surface area (Å²) in [6.07, 6.45) is 1.28. The van der Waals surface area contributed by atoms with Crippen LogP contribution in [0.1, 0.15) is 24.0 Å². The first-order chi connectivity index (χ1) is 16.2. The summed E-state index contributed by atoms with van der Waals surface area (Å²) in [4.78, 5) is 40.6. The summed E-state index contributed by atoms with van der Waals surface area (Å²) >= 11 is 6.47. The van der Waals surface area contributed by atoms with Gasteiger partial charge in [0.1, 0.15) is 11.8 Å². The molecule has 0 unspecified atom stereocenters. The summed E-state index contributed by atoms with van der Waals surface area (Å²) in [5, 5.41) is 25.0. The number of hydrogen-bond donors (Lipinski definition) is 4. The highest BCUT2D eigenvalue weighted by molar-refractivity contribution is 9.11. The number of aliphatic carboxylic acids is 1. The number of para-hydroxylation sites is 1.